The minimum absolute atomic E-state index is 0.778. The van der Waals surface area contributed by atoms with Crippen molar-refractivity contribution in [2.45, 2.75) is 45.4 Å². The first-order valence-electron chi connectivity index (χ1n) is 11.1. The highest BCUT2D eigenvalue weighted by Gasteiger charge is 2.18. The molecule has 2 aromatic carbocycles. The van der Waals surface area contributed by atoms with Crippen LogP contribution in [-0.4, -0.2) is 40.4 Å². The second-order valence-corrected chi connectivity index (χ2v) is 7.84. The van der Waals surface area contributed by atoms with Crippen LogP contribution in [0.1, 0.15) is 44.6 Å². The van der Waals surface area contributed by atoms with E-state index in [4.69, 9.17) is 9.47 Å². The van der Waals surface area contributed by atoms with Crippen molar-refractivity contribution in [3.05, 3.63) is 48.0 Å². The second-order valence-electron chi connectivity index (χ2n) is 7.84. The molecule has 1 heterocycles. The van der Waals surface area contributed by atoms with Crippen molar-refractivity contribution >= 4 is 11.4 Å². The van der Waals surface area contributed by atoms with Crippen LogP contribution in [0, 0.1) is 0 Å². The maximum atomic E-state index is 5.45. The molecule has 1 aliphatic heterocycles. The summed E-state index contributed by atoms with van der Waals surface area (Å²) in [4.78, 5) is 4.91. The average molecular weight is 397 g/mol. The average Bonchev–Trinajstić information content (AvgIpc) is 2.79. The number of rotatable bonds is 10. The van der Waals surface area contributed by atoms with Crippen LogP contribution in [0.4, 0.5) is 11.4 Å². The van der Waals surface area contributed by atoms with E-state index in [9.17, 15) is 0 Å². The summed E-state index contributed by atoms with van der Waals surface area (Å²) in [5.41, 5.74) is 4.00. The van der Waals surface area contributed by atoms with Crippen molar-refractivity contribution in [1.82, 2.24) is 0 Å². The molecule has 4 heteroatoms. The molecule has 3 rings (SSSR count). The van der Waals surface area contributed by atoms with Crippen molar-refractivity contribution in [2.75, 3.05) is 50.2 Å². The Bertz CT molecular complexity index is 737. The Hall–Kier alpha value is -2.36. The third-order valence-electron chi connectivity index (χ3n) is 5.88. The van der Waals surface area contributed by atoms with Gasteiger partial charge in [-0.25, -0.2) is 0 Å². The van der Waals surface area contributed by atoms with Crippen LogP contribution >= 0.6 is 0 Å². The first-order valence-corrected chi connectivity index (χ1v) is 11.1. The summed E-state index contributed by atoms with van der Waals surface area (Å²) in [5.74, 6) is 1.57. The van der Waals surface area contributed by atoms with Gasteiger partial charge in [-0.1, -0.05) is 44.7 Å². The van der Waals surface area contributed by atoms with Crippen LogP contribution in [0.3, 0.4) is 0 Å². The molecule has 1 fully saturated rings. The minimum Gasteiger partial charge on any atom is -0.493 e. The van der Waals surface area contributed by atoms with Crippen LogP contribution in [0.15, 0.2) is 42.5 Å². The molecule has 29 heavy (non-hydrogen) atoms. The van der Waals surface area contributed by atoms with E-state index >= 15 is 0 Å². The van der Waals surface area contributed by atoms with Gasteiger partial charge in [0.05, 0.1) is 14.2 Å². The van der Waals surface area contributed by atoms with Crippen molar-refractivity contribution < 1.29 is 9.47 Å². The fourth-order valence-corrected chi connectivity index (χ4v) is 4.05. The highest BCUT2D eigenvalue weighted by molar-refractivity contribution is 5.58. The van der Waals surface area contributed by atoms with E-state index in [2.05, 4.69) is 53.1 Å². The Kier molecular flexibility index (Phi) is 8.09. The number of benzene rings is 2. The molecule has 0 N–H and O–H groups in total. The number of anilines is 2. The molecule has 0 bridgehead atoms. The van der Waals surface area contributed by atoms with E-state index < -0.39 is 0 Å². The van der Waals surface area contributed by atoms with E-state index in [1.165, 1.54) is 55.5 Å². The highest BCUT2D eigenvalue weighted by Crippen LogP contribution is 2.32. The fraction of sp³-hybridized carbons (Fsp3) is 0.520. The summed E-state index contributed by atoms with van der Waals surface area (Å²) < 4.78 is 10.8. The molecule has 0 radical (unpaired) electrons. The quantitative estimate of drug-likeness (QED) is 0.492. The molecule has 1 saturated heterocycles. The van der Waals surface area contributed by atoms with Gasteiger partial charge in [-0.2, -0.15) is 0 Å². The summed E-state index contributed by atoms with van der Waals surface area (Å²) in [5, 5.41) is 0. The van der Waals surface area contributed by atoms with Gasteiger partial charge in [-0.3, -0.25) is 0 Å². The number of piperazine rings is 1. The van der Waals surface area contributed by atoms with Crippen molar-refractivity contribution in [1.29, 1.82) is 0 Å². The van der Waals surface area contributed by atoms with Gasteiger partial charge in [-0.15, -0.1) is 0 Å². The lowest BCUT2D eigenvalue weighted by Gasteiger charge is -2.37. The molecule has 0 unspecified atom stereocenters. The Morgan fingerprint density at radius 1 is 0.690 bits per heavy atom. The van der Waals surface area contributed by atoms with Gasteiger partial charge in [0.2, 0.25) is 0 Å². The summed E-state index contributed by atoms with van der Waals surface area (Å²) in [6, 6.07) is 15.4. The van der Waals surface area contributed by atoms with E-state index in [1.54, 1.807) is 14.2 Å². The third-order valence-corrected chi connectivity index (χ3v) is 5.88. The van der Waals surface area contributed by atoms with E-state index in [-0.39, 0.29) is 0 Å². The SMILES string of the molecule is CCCCCCCc1ccc(N2CCN(c3ccc(OC)c(OC)c3)CC2)cc1. The molecule has 0 amide bonds. The number of ether oxygens (including phenoxy) is 2. The standard InChI is InChI=1S/C25H36N2O2/c1-4-5-6-7-8-9-21-10-12-22(13-11-21)26-16-18-27(19-17-26)23-14-15-24(28-2)25(20-23)29-3/h10-15,20H,4-9,16-19H2,1-3H3. The third kappa shape index (κ3) is 5.81. The van der Waals surface area contributed by atoms with Crippen LogP contribution < -0.4 is 19.3 Å². The number of methoxy groups -OCH3 is 2. The normalized spacial score (nSPS) is 14.2. The Morgan fingerprint density at radius 3 is 1.90 bits per heavy atom. The first-order chi connectivity index (χ1) is 14.2. The number of hydrogen-bond acceptors (Lipinski definition) is 4. The lowest BCUT2D eigenvalue weighted by molar-refractivity contribution is 0.355. The van der Waals surface area contributed by atoms with Gasteiger partial charge < -0.3 is 19.3 Å². The van der Waals surface area contributed by atoms with E-state index in [0.717, 1.165) is 37.7 Å². The van der Waals surface area contributed by atoms with Gasteiger partial charge in [0.1, 0.15) is 0 Å². The van der Waals surface area contributed by atoms with Crippen LogP contribution in [0.5, 0.6) is 11.5 Å². The Balaban J connectivity index is 1.50. The van der Waals surface area contributed by atoms with Gasteiger partial charge in [0.25, 0.3) is 0 Å². The highest BCUT2D eigenvalue weighted by atomic mass is 16.5. The largest absolute Gasteiger partial charge is 0.493 e. The molecule has 4 nitrogen and oxygen atoms in total. The zero-order chi connectivity index (χ0) is 20.5. The van der Waals surface area contributed by atoms with Gasteiger partial charge >= 0.3 is 0 Å². The van der Waals surface area contributed by atoms with E-state index in [0.29, 0.717) is 0 Å². The Morgan fingerprint density at radius 2 is 1.28 bits per heavy atom. The zero-order valence-electron chi connectivity index (χ0n) is 18.3. The summed E-state index contributed by atoms with van der Waals surface area (Å²) in [6.07, 6.45) is 7.93. The molecular formula is C25H36N2O2. The molecule has 0 aliphatic carbocycles. The summed E-state index contributed by atoms with van der Waals surface area (Å²) >= 11 is 0. The van der Waals surface area contributed by atoms with Gasteiger partial charge in [0, 0.05) is 43.6 Å². The fourth-order valence-electron chi connectivity index (χ4n) is 4.05. The van der Waals surface area contributed by atoms with Gasteiger partial charge in [0.15, 0.2) is 11.5 Å². The lowest BCUT2D eigenvalue weighted by Crippen LogP contribution is -2.46. The maximum absolute atomic E-state index is 5.45. The smallest absolute Gasteiger partial charge is 0.162 e. The number of hydrogen-bond donors (Lipinski definition) is 0. The molecule has 0 saturated carbocycles. The second kappa shape index (κ2) is 11.0. The predicted octanol–water partition coefficient (Wildman–Crippen LogP) is 5.54. The van der Waals surface area contributed by atoms with Gasteiger partial charge in [-0.05, 0) is 42.7 Å². The predicted molar refractivity (Wildman–Crippen MR) is 123 cm³/mol. The summed E-state index contributed by atoms with van der Waals surface area (Å²) in [7, 11) is 3.36. The van der Waals surface area contributed by atoms with Crippen LogP contribution in [0.25, 0.3) is 0 Å². The summed E-state index contributed by atoms with van der Waals surface area (Å²) in [6.45, 7) is 6.35. The van der Waals surface area contributed by atoms with Crippen molar-refractivity contribution in [3.8, 4) is 11.5 Å². The van der Waals surface area contributed by atoms with Crippen LogP contribution in [0.2, 0.25) is 0 Å². The minimum atomic E-state index is 0.778. The number of nitrogens with zero attached hydrogens (tertiary/aromatic N) is 2. The monoisotopic (exact) mass is 396 g/mol. The topological polar surface area (TPSA) is 24.9 Å². The molecule has 0 spiro atoms. The first kappa shape index (κ1) is 21.4. The number of aryl methyl sites for hydroxylation is 1. The molecule has 158 valence electrons. The Labute approximate surface area is 176 Å². The van der Waals surface area contributed by atoms with Crippen LogP contribution in [-0.2, 0) is 6.42 Å². The molecule has 2 aromatic rings. The van der Waals surface area contributed by atoms with E-state index in [1.807, 2.05) is 6.07 Å². The molecule has 0 atom stereocenters. The molecular weight excluding hydrogens is 360 g/mol. The zero-order valence-corrected chi connectivity index (χ0v) is 18.3. The van der Waals surface area contributed by atoms with Crippen molar-refractivity contribution in [3.63, 3.8) is 0 Å². The lowest BCUT2D eigenvalue weighted by atomic mass is 10.0. The maximum Gasteiger partial charge on any atom is 0.162 e. The number of unbranched alkanes of at least 4 members (excludes halogenated alkanes) is 4. The molecule has 1 aliphatic rings. The van der Waals surface area contributed by atoms with Crippen molar-refractivity contribution in [2.24, 2.45) is 0 Å². The molecule has 0 aromatic heterocycles.